The van der Waals surface area contributed by atoms with Gasteiger partial charge < -0.3 is 5.32 Å². The van der Waals surface area contributed by atoms with Crippen molar-refractivity contribution in [3.8, 4) is 5.82 Å². The summed E-state index contributed by atoms with van der Waals surface area (Å²) in [6.45, 7) is 3.85. The molecule has 1 fully saturated rings. The number of rotatable bonds is 4. The maximum Gasteiger partial charge on any atom is 0.256 e. The number of aromatic nitrogens is 5. The van der Waals surface area contributed by atoms with Gasteiger partial charge in [-0.3, -0.25) is 9.78 Å². The Kier molecular flexibility index (Phi) is 4.43. The van der Waals surface area contributed by atoms with E-state index in [4.69, 9.17) is 10.1 Å². The first kappa shape index (κ1) is 19.5. The number of pyridine rings is 3. The zero-order valence-corrected chi connectivity index (χ0v) is 18.4. The number of hydrogen-bond donors (Lipinski definition) is 1. The van der Waals surface area contributed by atoms with Gasteiger partial charge in [-0.05, 0) is 57.0 Å². The fourth-order valence-corrected chi connectivity index (χ4v) is 4.25. The molecule has 4 heterocycles. The lowest BCUT2D eigenvalue weighted by atomic mass is 10.1. The van der Waals surface area contributed by atoms with Crippen molar-refractivity contribution in [2.45, 2.75) is 32.6 Å². The number of para-hydroxylation sites is 1. The van der Waals surface area contributed by atoms with Crippen LogP contribution in [0, 0.1) is 13.8 Å². The van der Waals surface area contributed by atoms with Crippen LogP contribution in [-0.2, 0) is 0 Å². The fraction of sp³-hybridized carbons (Fsp3) is 0.192. The highest BCUT2D eigenvalue weighted by molar-refractivity contribution is 6.14. The van der Waals surface area contributed by atoms with Crippen LogP contribution in [0.4, 0.5) is 5.69 Å². The average Bonchev–Trinajstić information content (AvgIpc) is 3.63. The highest BCUT2D eigenvalue weighted by Gasteiger charge is 2.29. The molecule has 1 N–H and O–H groups in total. The molecule has 5 aromatic rings. The van der Waals surface area contributed by atoms with Gasteiger partial charge in [0.1, 0.15) is 0 Å². The Morgan fingerprint density at radius 3 is 2.70 bits per heavy atom. The third kappa shape index (κ3) is 3.42. The van der Waals surface area contributed by atoms with E-state index >= 15 is 0 Å². The van der Waals surface area contributed by atoms with Crippen LogP contribution < -0.4 is 5.32 Å². The van der Waals surface area contributed by atoms with E-state index in [1.165, 1.54) is 0 Å². The van der Waals surface area contributed by atoms with Crippen molar-refractivity contribution < 1.29 is 4.79 Å². The standard InChI is InChI=1S/C26H22N6O/c1-15-9-10-18-6-5-7-20(24(18)28-15)30-26(33)19-14-21(17-11-12-17)29-25-23(19)16(2)31-32(25)22-8-3-4-13-27-22/h3-10,13-14,17H,11-12H2,1-2H3,(H,30,33). The van der Waals surface area contributed by atoms with Crippen LogP contribution in [0.1, 0.15) is 46.2 Å². The molecule has 0 bridgehead atoms. The Labute approximate surface area is 190 Å². The molecule has 0 spiro atoms. The minimum absolute atomic E-state index is 0.191. The number of amides is 1. The lowest BCUT2D eigenvalue weighted by molar-refractivity contribution is 0.102. The van der Waals surface area contributed by atoms with Gasteiger partial charge in [0.05, 0.1) is 27.8 Å². The zero-order chi connectivity index (χ0) is 22.5. The number of carbonyl (C=O) groups excluding carboxylic acids is 1. The molecule has 1 aliphatic carbocycles. The van der Waals surface area contributed by atoms with Crippen LogP contribution in [0.2, 0.25) is 0 Å². The quantitative estimate of drug-likeness (QED) is 0.425. The second-order valence-electron chi connectivity index (χ2n) is 8.54. The summed E-state index contributed by atoms with van der Waals surface area (Å²) in [7, 11) is 0. The smallest absolute Gasteiger partial charge is 0.256 e. The SMILES string of the molecule is Cc1ccc2cccc(NC(=O)c3cc(C4CC4)nc4c3c(C)nn4-c3ccccn3)c2n1. The van der Waals surface area contributed by atoms with Crippen LogP contribution in [0.5, 0.6) is 0 Å². The summed E-state index contributed by atoms with van der Waals surface area (Å²) < 4.78 is 1.73. The van der Waals surface area contributed by atoms with E-state index in [1.54, 1.807) is 10.9 Å². The van der Waals surface area contributed by atoms with Gasteiger partial charge in [0, 0.05) is 28.9 Å². The van der Waals surface area contributed by atoms with Gasteiger partial charge in [-0.25, -0.2) is 9.97 Å². The lowest BCUT2D eigenvalue weighted by Crippen LogP contribution is -2.14. The highest BCUT2D eigenvalue weighted by Crippen LogP contribution is 2.41. The van der Waals surface area contributed by atoms with Crippen molar-refractivity contribution in [1.29, 1.82) is 0 Å². The van der Waals surface area contributed by atoms with E-state index < -0.39 is 0 Å². The molecule has 1 saturated carbocycles. The second kappa shape index (κ2) is 7.48. The molecule has 4 aromatic heterocycles. The van der Waals surface area contributed by atoms with Gasteiger partial charge in [0.2, 0.25) is 0 Å². The molecule has 0 saturated heterocycles. The molecule has 7 heteroatoms. The van der Waals surface area contributed by atoms with E-state index in [9.17, 15) is 4.79 Å². The molecule has 0 aliphatic heterocycles. The predicted molar refractivity (Wildman–Crippen MR) is 128 cm³/mol. The first-order valence-electron chi connectivity index (χ1n) is 11.1. The minimum atomic E-state index is -0.191. The Hall–Kier alpha value is -4.13. The van der Waals surface area contributed by atoms with Gasteiger partial charge in [-0.15, -0.1) is 0 Å². The van der Waals surface area contributed by atoms with E-state index in [1.807, 2.05) is 68.4 Å². The van der Waals surface area contributed by atoms with Crippen molar-refractivity contribution in [2.75, 3.05) is 5.32 Å². The average molecular weight is 435 g/mol. The van der Waals surface area contributed by atoms with Crippen LogP contribution in [0.15, 0.2) is 60.8 Å². The van der Waals surface area contributed by atoms with Gasteiger partial charge in [-0.2, -0.15) is 9.78 Å². The van der Waals surface area contributed by atoms with E-state index in [2.05, 4.69) is 15.3 Å². The normalized spacial score (nSPS) is 13.5. The van der Waals surface area contributed by atoms with Crippen molar-refractivity contribution in [1.82, 2.24) is 24.7 Å². The second-order valence-corrected chi connectivity index (χ2v) is 8.54. The molecular formula is C26H22N6O. The number of benzene rings is 1. The molecule has 0 radical (unpaired) electrons. The molecule has 0 unspecified atom stereocenters. The van der Waals surface area contributed by atoms with E-state index in [-0.39, 0.29) is 5.91 Å². The zero-order valence-electron chi connectivity index (χ0n) is 18.4. The van der Waals surface area contributed by atoms with E-state index in [0.29, 0.717) is 28.6 Å². The number of hydrogen-bond acceptors (Lipinski definition) is 5. The number of anilines is 1. The van der Waals surface area contributed by atoms with Gasteiger partial charge in [-0.1, -0.05) is 24.3 Å². The molecule has 33 heavy (non-hydrogen) atoms. The molecular weight excluding hydrogens is 412 g/mol. The maximum atomic E-state index is 13.6. The Morgan fingerprint density at radius 2 is 1.91 bits per heavy atom. The van der Waals surface area contributed by atoms with Crippen LogP contribution in [0.3, 0.4) is 0 Å². The molecule has 0 atom stereocenters. The van der Waals surface area contributed by atoms with Gasteiger partial charge in [0.15, 0.2) is 11.5 Å². The number of aryl methyl sites for hydroxylation is 2. The topological polar surface area (TPSA) is 85.6 Å². The predicted octanol–water partition coefficient (Wildman–Crippen LogP) is 5.11. The summed E-state index contributed by atoms with van der Waals surface area (Å²) in [6.07, 6.45) is 3.90. The first-order valence-corrected chi connectivity index (χ1v) is 11.1. The molecule has 1 aromatic carbocycles. The molecule has 162 valence electrons. The first-order chi connectivity index (χ1) is 16.1. The van der Waals surface area contributed by atoms with Gasteiger partial charge in [0.25, 0.3) is 5.91 Å². The lowest BCUT2D eigenvalue weighted by Gasteiger charge is -2.11. The van der Waals surface area contributed by atoms with Crippen LogP contribution in [-0.4, -0.2) is 30.6 Å². The van der Waals surface area contributed by atoms with Crippen molar-refractivity contribution in [3.05, 3.63) is 83.4 Å². The third-order valence-corrected chi connectivity index (χ3v) is 6.05. The summed E-state index contributed by atoms with van der Waals surface area (Å²) in [4.78, 5) is 27.6. The number of fused-ring (bicyclic) bond motifs is 2. The maximum absolute atomic E-state index is 13.6. The summed E-state index contributed by atoms with van der Waals surface area (Å²) in [5.41, 5.74) is 5.27. The van der Waals surface area contributed by atoms with Crippen LogP contribution in [0.25, 0.3) is 27.8 Å². The largest absolute Gasteiger partial charge is 0.320 e. The summed E-state index contributed by atoms with van der Waals surface area (Å²) in [5, 5.41) is 9.52. The minimum Gasteiger partial charge on any atom is -0.320 e. The summed E-state index contributed by atoms with van der Waals surface area (Å²) >= 11 is 0. The Morgan fingerprint density at radius 1 is 1.03 bits per heavy atom. The van der Waals surface area contributed by atoms with Crippen LogP contribution >= 0.6 is 0 Å². The monoisotopic (exact) mass is 434 g/mol. The Bertz CT molecular complexity index is 1540. The molecule has 7 nitrogen and oxygen atoms in total. The number of nitrogens with zero attached hydrogens (tertiary/aromatic N) is 5. The molecule has 6 rings (SSSR count). The van der Waals surface area contributed by atoms with E-state index in [0.717, 1.165) is 46.2 Å². The molecule has 1 amide bonds. The highest BCUT2D eigenvalue weighted by atomic mass is 16.1. The summed E-state index contributed by atoms with van der Waals surface area (Å²) in [5.74, 6) is 0.870. The number of carbonyl (C=O) groups is 1. The summed E-state index contributed by atoms with van der Waals surface area (Å²) in [6, 6.07) is 17.4. The number of nitrogens with one attached hydrogen (secondary N) is 1. The molecule has 1 aliphatic rings. The Balaban J connectivity index is 1.50. The van der Waals surface area contributed by atoms with Crippen molar-refractivity contribution in [2.24, 2.45) is 0 Å². The van der Waals surface area contributed by atoms with Crippen molar-refractivity contribution in [3.63, 3.8) is 0 Å². The van der Waals surface area contributed by atoms with Gasteiger partial charge >= 0.3 is 0 Å². The fourth-order valence-electron chi connectivity index (χ4n) is 4.25. The van der Waals surface area contributed by atoms with Crippen molar-refractivity contribution >= 4 is 33.5 Å². The third-order valence-electron chi connectivity index (χ3n) is 6.05.